The van der Waals surface area contributed by atoms with Gasteiger partial charge < -0.3 is 15.5 Å². The van der Waals surface area contributed by atoms with E-state index in [1.165, 1.54) is 11.3 Å². The van der Waals surface area contributed by atoms with Gasteiger partial charge in [0.05, 0.1) is 4.88 Å². The van der Waals surface area contributed by atoms with E-state index in [1.807, 2.05) is 30.2 Å². The van der Waals surface area contributed by atoms with Crippen LogP contribution in [0.15, 0.2) is 17.5 Å². The molecule has 1 saturated heterocycles. The summed E-state index contributed by atoms with van der Waals surface area (Å²) in [7, 11) is 0. The van der Waals surface area contributed by atoms with Crippen molar-refractivity contribution >= 4 is 35.6 Å². The van der Waals surface area contributed by atoms with Crippen LogP contribution in [0.1, 0.15) is 23.5 Å². The molecule has 21 heavy (non-hydrogen) atoms. The Kier molecular flexibility index (Phi) is 7.14. The van der Waals surface area contributed by atoms with Crippen LogP contribution in [0.25, 0.3) is 0 Å². The van der Waals surface area contributed by atoms with Crippen molar-refractivity contribution in [2.45, 2.75) is 19.9 Å². The zero-order valence-corrected chi connectivity index (χ0v) is 13.9. The quantitative estimate of drug-likeness (QED) is 0.875. The molecule has 1 unspecified atom stereocenters. The summed E-state index contributed by atoms with van der Waals surface area (Å²) in [6.45, 7) is 6.96. The van der Waals surface area contributed by atoms with Gasteiger partial charge in [-0.1, -0.05) is 19.9 Å². The van der Waals surface area contributed by atoms with Crippen molar-refractivity contribution in [1.29, 1.82) is 0 Å². The Balaban J connectivity index is 0.00000220. The summed E-state index contributed by atoms with van der Waals surface area (Å²) in [6, 6.07) is 3.15. The average Bonchev–Trinajstić information content (AvgIpc) is 2.98. The van der Waals surface area contributed by atoms with E-state index in [0.29, 0.717) is 18.0 Å². The standard InChI is InChI=1S/C14H21N3O2S.ClH/c1-10(2)12(14(19)17-7-5-15-6-8-17)16-13(18)11-4-3-9-20-11;/h3-4,9-10,12,15H,5-8H2,1-2H3,(H,16,18);1H. The van der Waals surface area contributed by atoms with Crippen molar-refractivity contribution in [3.63, 3.8) is 0 Å². The second-order valence-electron chi connectivity index (χ2n) is 5.25. The molecule has 1 aliphatic rings. The Morgan fingerprint density at radius 1 is 1.33 bits per heavy atom. The molecule has 0 spiro atoms. The minimum Gasteiger partial charge on any atom is -0.339 e. The molecule has 118 valence electrons. The van der Waals surface area contributed by atoms with Crippen LogP contribution in [0.3, 0.4) is 0 Å². The maximum absolute atomic E-state index is 12.5. The Bertz CT molecular complexity index is 459. The molecule has 1 aromatic rings. The Morgan fingerprint density at radius 2 is 2.00 bits per heavy atom. The summed E-state index contributed by atoms with van der Waals surface area (Å²) in [5, 5.41) is 7.96. The summed E-state index contributed by atoms with van der Waals surface area (Å²) in [4.78, 5) is 27.1. The summed E-state index contributed by atoms with van der Waals surface area (Å²) >= 11 is 1.39. The van der Waals surface area contributed by atoms with Crippen molar-refractivity contribution in [2.24, 2.45) is 5.92 Å². The van der Waals surface area contributed by atoms with Crippen LogP contribution in [0.5, 0.6) is 0 Å². The molecule has 5 nitrogen and oxygen atoms in total. The second-order valence-corrected chi connectivity index (χ2v) is 6.20. The molecule has 1 atom stereocenters. The molecular formula is C14H22ClN3O2S. The fourth-order valence-electron chi connectivity index (χ4n) is 2.22. The molecule has 7 heteroatoms. The third-order valence-corrected chi connectivity index (χ3v) is 4.26. The number of hydrogen-bond acceptors (Lipinski definition) is 4. The highest BCUT2D eigenvalue weighted by Crippen LogP contribution is 2.12. The largest absolute Gasteiger partial charge is 0.339 e. The van der Waals surface area contributed by atoms with Gasteiger partial charge in [0.2, 0.25) is 5.91 Å². The number of carbonyl (C=O) groups is 2. The summed E-state index contributed by atoms with van der Waals surface area (Å²) in [6.07, 6.45) is 0. The van der Waals surface area contributed by atoms with Crippen LogP contribution < -0.4 is 10.6 Å². The van der Waals surface area contributed by atoms with Gasteiger partial charge in [0.25, 0.3) is 5.91 Å². The lowest BCUT2D eigenvalue weighted by Gasteiger charge is -2.32. The van der Waals surface area contributed by atoms with Crippen molar-refractivity contribution in [3.8, 4) is 0 Å². The number of halogens is 1. The van der Waals surface area contributed by atoms with Gasteiger partial charge in [-0.15, -0.1) is 23.7 Å². The zero-order chi connectivity index (χ0) is 14.5. The molecule has 0 aliphatic carbocycles. The second kappa shape index (κ2) is 8.36. The number of amides is 2. The number of nitrogens with zero attached hydrogens (tertiary/aromatic N) is 1. The van der Waals surface area contributed by atoms with Gasteiger partial charge in [0.15, 0.2) is 0 Å². The van der Waals surface area contributed by atoms with Gasteiger partial charge in [0, 0.05) is 26.2 Å². The van der Waals surface area contributed by atoms with Crippen LogP contribution in [0.4, 0.5) is 0 Å². The smallest absolute Gasteiger partial charge is 0.262 e. The van der Waals surface area contributed by atoms with E-state index in [1.54, 1.807) is 6.07 Å². The number of hydrogen-bond donors (Lipinski definition) is 2. The first-order chi connectivity index (χ1) is 9.59. The average molecular weight is 332 g/mol. The van der Waals surface area contributed by atoms with Gasteiger partial charge in [-0.2, -0.15) is 0 Å². The van der Waals surface area contributed by atoms with Crippen molar-refractivity contribution in [1.82, 2.24) is 15.5 Å². The van der Waals surface area contributed by atoms with Gasteiger partial charge >= 0.3 is 0 Å². The van der Waals surface area contributed by atoms with Crippen LogP contribution >= 0.6 is 23.7 Å². The lowest BCUT2D eigenvalue weighted by atomic mass is 10.0. The highest BCUT2D eigenvalue weighted by Gasteiger charge is 2.29. The van der Waals surface area contributed by atoms with Gasteiger partial charge in [-0.05, 0) is 17.4 Å². The minimum absolute atomic E-state index is 0. The molecule has 0 bridgehead atoms. The lowest BCUT2D eigenvalue weighted by Crippen LogP contribution is -2.55. The lowest BCUT2D eigenvalue weighted by molar-refractivity contribution is -0.134. The van der Waals surface area contributed by atoms with E-state index < -0.39 is 6.04 Å². The minimum atomic E-state index is -0.456. The molecule has 1 aliphatic heterocycles. The van der Waals surface area contributed by atoms with Crippen LogP contribution in [0.2, 0.25) is 0 Å². The molecular weight excluding hydrogens is 310 g/mol. The number of piperazine rings is 1. The maximum Gasteiger partial charge on any atom is 0.262 e. The number of nitrogens with one attached hydrogen (secondary N) is 2. The predicted molar refractivity (Wildman–Crippen MR) is 87.1 cm³/mol. The van der Waals surface area contributed by atoms with E-state index in [4.69, 9.17) is 0 Å². The Morgan fingerprint density at radius 3 is 2.52 bits per heavy atom. The van der Waals surface area contributed by atoms with E-state index in [-0.39, 0.29) is 30.1 Å². The summed E-state index contributed by atoms with van der Waals surface area (Å²) < 4.78 is 0. The van der Waals surface area contributed by atoms with Crippen LogP contribution in [-0.2, 0) is 4.79 Å². The summed E-state index contributed by atoms with van der Waals surface area (Å²) in [5.74, 6) is -0.0742. The zero-order valence-electron chi connectivity index (χ0n) is 12.3. The number of thiophene rings is 1. The predicted octanol–water partition coefficient (Wildman–Crippen LogP) is 1.36. The number of rotatable bonds is 4. The first-order valence-electron chi connectivity index (χ1n) is 6.93. The SMILES string of the molecule is CC(C)C(NC(=O)c1cccs1)C(=O)N1CCNCC1.Cl. The van der Waals surface area contributed by atoms with Crippen molar-refractivity contribution < 1.29 is 9.59 Å². The topological polar surface area (TPSA) is 61.4 Å². The van der Waals surface area contributed by atoms with Gasteiger partial charge in [-0.25, -0.2) is 0 Å². The molecule has 0 saturated carbocycles. The first-order valence-corrected chi connectivity index (χ1v) is 7.81. The van der Waals surface area contributed by atoms with E-state index >= 15 is 0 Å². The van der Waals surface area contributed by atoms with Crippen molar-refractivity contribution in [2.75, 3.05) is 26.2 Å². The van der Waals surface area contributed by atoms with Crippen LogP contribution in [-0.4, -0.2) is 48.9 Å². The Hall–Kier alpha value is -1.11. The molecule has 0 aromatic carbocycles. The normalized spacial score (nSPS) is 16.2. The molecule has 1 fully saturated rings. The van der Waals surface area contributed by atoms with E-state index in [2.05, 4.69) is 10.6 Å². The fraction of sp³-hybridized carbons (Fsp3) is 0.571. The number of carbonyl (C=O) groups excluding carboxylic acids is 2. The molecule has 2 N–H and O–H groups in total. The monoisotopic (exact) mass is 331 g/mol. The van der Waals surface area contributed by atoms with E-state index in [9.17, 15) is 9.59 Å². The van der Waals surface area contributed by atoms with Crippen molar-refractivity contribution in [3.05, 3.63) is 22.4 Å². The van der Waals surface area contributed by atoms with Gasteiger partial charge in [0.1, 0.15) is 6.04 Å². The maximum atomic E-state index is 12.5. The summed E-state index contributed by atoms with van der Waals surface area (Å²) in [5.41, 5.74) is 0. The highest BCUT2D eigenvalue weighted by atomic mass is 35.5. The van der Waals surface area contributed by atoms with Crippen LogP contribution in [0, 0.1) is 5.92 Å². The third kappa shape index (κ3) is 4.69. The van der Waals surface area contributed by atoms with Gasteiger partial charge in [-0.3, -0.25) is 9.59 Å². The third-order valence-electron chi connectivity index (χ3n) is 3.39. The fourth-order valence-corrected chi connectivity index (χ4v) is 2.84. The van der Waals surface area contributed by atoms with E-state index in [0.717, 1.165) is 13.1 Å². The molecule has 2 rings (SSSR count). The molecule has 0 radical (unpaired) electrons. The highest BCUT2D eigenvalue weighted by molar-refractivity contribution is 7.12. The Labute approximate surface area is 135 Å². The molecule has 2 heterocycles. The first kappa shape index (κ1) is 17.9. The molecule has 2 amide bonds. The molecule has 1 aromatic heterocycles.